The first-order valence-corrected chi connectivity index (χ1v) is 7.22. The van der Waals surface area contributed by atoms with Gasteiger partial charge in [-0.25, -0.2) is 13.4 Å². The van der Waals surface area contributed by atoms with Gasteiger partial charge in [-0.3, -0.25) is 0 Å². The summed E-state index contributed by atoms with van der Waals surface area (Å²) in [5, 5.41) is 8.51. The van der Waals surface area contributed by atoms with Gasteiger partial charge in [-0.1, -0.05) is 0 Å². The van der Waals surface area contributed by atoms with Crippen LogP contribution in [-0.4, -0.2) is 31.2 Å². The number of aromatic nitrogens is 1. The maximum absolute atomic E-state index is 10.8. The highest BCUT2D eigenvalue weighted by molar-refractivity contribution is 8.00. The Bertz CT molecular complexity index is 460. The Morgan fingerprint density at radius 1 is 1.53 bits per heavy atom. The molecule has 0 radical (unpaired) electrons. The molecule has 0 amide bonds. The van der Waals surface area contributed by atoms with Crippen LogP contribution in [0.15, 0.2) is 23.2 Å². The Labute approximate surface area is 93.3 Å². The summed E-state index contributed by atoms with van der Waals surface area (Å²) in [6, 6.07) is 5.29. The molecule has 0 saturated heterocycles. The van der Waals surface area contributed by atoms with E-state index in [1.165, 1.54) is 18.0 Å². The van der Waals surface area contributed by atoms with Crippen molar-refractivity contribution >= 4 is 21.6 Å². The van der Waals surface area contributed by atoms with Crippen LogP contribution < -0.4 is 0 Å². The third-order valence-corrected chi connectivity index (χ3v) is 3.76. The monoisotopic (exact) mass is 242 g/mol. The predicted octanol–water partition coefficient (Wildman–Crippen LogP) is 1.09. The highest BCUT2D eigenvalue weighted by Crippen LogP contribution is 2.16. The van der Waals surface area contributed by atoms with Gasteiger partial charge in [0.25, 0.3) is 0 Å². The Hall–Kier alpha value is -1.06. The van der Waals surface area contributed by atoms with Crippen molar-refractivity contribution in [2.75, 3.05) is 17.8 Å². The molecule has 0 spiro atoms. The largest absolute Gasteiger partial charge is 0.244 e. The van der Waals surface area contributed by atoms with Crippen LogP contribution in [0.5, 0.6) is 0 Å². The Morgan fingerprint density at radius 2 is 2.27 bits per heavy atom. The third kappa shape index (κ3) is 4.81. The number of rotatable bonds is 4. The van der Waals surface area contributed by atoms with Crippen molar-refractivity contribution in [1.82, 2.24) is 4.98 Å². The summed E-state index contributed by atoms with van der Waals surface area (Å²) >= 11 is 1.42. The molecule has 1 rings (SSSR count). The van der Waals surface area contributed by atoms with Gasteiger partial charge in [0.05, 0.1) is 5.75 Å². The van der Waals surface area contributed by atoms with Gasteiger partial charge in [-0.2, -0.15) is 5.26 Å². The minimum atomic E-state index is -2.90. The van der Waals surface area contributed by atoms with E-state index in [1.54, 1.807) is 18.3 Å². The minimum absolute atomic E-state index is 0.150. The molecule has 0 fully saturated rings. The number of nitriles is 1. The number of nitrogens with zero attached hydrogens (tertiary/aromatic N) is 2. The van der Waals surface area contributed by atoms with Crippen LogP contribution in [0.3, 0.4) is 0 Å². The van der Waals surface area contributed by atoms with Crippen LogP contribution in [0, 0.1) is 11.3 Å². The Balaban J connectivity index is 2.49. The molecule has 0 aliphatic heterocycles. The molecule has 0 aliphatic carbocycles. The van der Waals surface area contributed by atoms with Gasteiger partial charge in [-0.05, 0) is 12.1 Å². The van der Waals surface area contributed by atoms with E-state index in [4.69, 9.17) is 5.26 Å². The minimum Gasteiger partial charge on any atom is -0.244 e. The number of hydrogen-bond donors (Lipinski definition) is 0. The average Bonchev–Trinajstić information content (AvgIpc) is 2.17. The predicted molar refractivity (Wildman–Crippen MR) is 59.4 cm³/mol. The quantitative estimate of drug-likeness (QED) is 0.739. The van der Waals surface area contributed by atoms with Gasteiger partial charge in [0.15, 0.2) is 0 Å². The molecule has 0 bridgehead atoms. The van der Waals surface area contributed by atoms with E-state index in [-0.39, 0.29) is 5.75 Å². The highest BCUT2D eigenvalue weighted by atomic mass is 32.2. The molecule has 15 heavy (non-hydrogen) atoms. The van der Waals surface area contributed by atoms with E-state index in [9.17, 15) is 8.42 Å². The molecule has 80 valence electrons. The molecule has 1 aromatic rings. The fraction of sp³-hybridized carbons (Fsp3) is 0.333. The van der Waals surface area contributed by atoms with E-state index in [0.717, 1.165) is 4.90 Å². The fourth-order valence-electron chi connectivity index (χ4n) is 0.843. The summed E-state index contributed by atoms with van der Waals surface area (Å²) < 4.78 is 21.7. The normalized spacial score (nSPS) is 10.9. The zero-order valence-electron chi connectivity index (χ0n) is 8.17. The molecule has 1 aromatic heterocycles. The van der Waals surface area contributed by atoms with Crippen LogP contribution in [0.1, 0.15) is 5.69 Å². The van der Waals surface area contributed by atoms with Crippen LogP contribution in [-0.2, 0) is 9.84 Å². The summed E-state index contributed by atoms with van der Waals surface area (Å²) in [5.41, 5.74) is 0.363. The van der Waals surface area contributed by atoms with Crippen LogP contribution in [0.4, 0.5) is 0 Å². The van der Waals surface area contributed by atoms with Gasteiger partial charge in [0.1, 0.15) is 21.6 Å². The van der Waals surface area contributed by atoms with E-state index < -0.39 is 9.84 Å². The fourth-order valence-corrected chi connectivity index (χ4v) is 2.91. The summed E-state index contributed by atoms with van der Waals surface area (Å²) in [6.07, 6.45) is 2.79. The lowest BCUT2D eigenvalue weighted by Crippen LogP contribution is -2.04. The molecule has 1 heterocycles. The van der Waals surface area contributed by atoms with Crippen LogP contribution >= 0.6 is 11.8 Å². The zero-order chi connectivity index (χ0) is 11.3. The van der Waals surface area contributed by atoms with Gasteiger partial charge < -0.3 is 0 Å². The Morgan fingerprint density at radius 3 is 2.73 bits per heavy atom. The first-order chi connectivity index (χ1) is 7.01. The first-order valence-electron chi connectivity index (χ1n) is 4.18. The molecular formula is C9H10N2O2S2. The molecule has 0 unspecified atom stereocenters. The second kappa shape index (κ2) is 5.14. The number of sulfone groups is 1. The van der Waals surface area contributed by atoms with Crippen molar-refractivity contribution in [2.45, 2.75) is 4.90 Å². The molecule has 4 nitrogen and oxygen atoms in total. The van der Waals surface area contributed by atoms with Crippen molar-refractivity contribution in [3.8, 4) is 6.07 Å². The molecule has 0 N–H and O–H groups in total. The Kier molecular flexibility index (Phi) is 4.12. The van der Waals surface area contributed by atoms with E-state index in [1.807, 2.05) is 6.07 Å². The van der Waals surface area contributed by atoms with Crippen molar-refractivity contribution < 1.29 is 8.42 Å². The molecule has 0 aromatic carbocycles. The van der Waals surface area contributed by atoms with Gasteiger partial charge in [-0.15, -0.1) is 11.8 Å². The second-order valence-electron chi connectivity index (χ2n) is 2.97. The van der Waals surface area contributed by atoms with Gasteiger partial charge in [0, 0.05) is 23.1 Å². The molecule has 0 saturated carbocycles. The number of pyridine rings is 1. The lowest BCUT2D eigenvalue weighted by atomic mass is 10.4. The molecule has 6 heteroatoms. The summed E-state index contributed by atoms with van der Waals surface area (Å²) in [4.78, 5) is 4.75. The standard InChI is InChI=1S/C9H10N2O2S2/c1-15(12,13)5-4-14-9-3-2-8(6-10)11-7-9/h2-3,7H,4-5H2,1H3. The van der Waals surface area contributed by atoms with Crippen molar-refractivity contribution in [3.63, 3.8) is 0 Å². The van der Waals surface area contributed by atoms with Crippen molar-refractivity contribution in [2.24, 2.45) is 0 Å². The van der Waals surface area contributed by atoms with E-state index in [0.29, 0.717) is 11.4 Å². The van der Waals surface area contributed by atoms with E-state index in [2.05, 4.69) is 4.98 Å². The maximum atomic E-state index is 10.8. The summed E-state index contributed by atoms with van der Waals surface area (Å²) in [6.45, 7) is 0. The first kappa shape index (κ1) is 12.0. The van der Waals surface area contributed by atoms with Crippen molar-refractivity contribution in [1.29, 1.82) is 5.26 Å². The second-order valence-corrected chi connectivity index (χ2v) is 6.40. The SMILES string of the molecule is CS(=O)(=O)CCSc1ccc(C#N)nc1. The number of thioether (sulfide) groups is 1. The van der Waals surface area contributed by atoms with Crippen LogP contribution in [0.25, 0.3) is 0 Å². The van der Waals surface area contributed by atoms with E-state index >= 15 is 0 Å². The smallest absolute Gasteiger partial charge is 0.148 e. The van der Waals surface area contributed by atoms with Crippen molar-refractivity contribution in [3.05, 3.63) is 24.0 Å². The maximum Gasteiger partial charge on any atom is 0.148 e. The third-order valence-electron chi connectivity index (χ3n) is 1.57. The molecule has 0 aliphatic rings. The topological polar surface area (TPSA) is 70.8 Å². The molecular weight excluding hydrogens is 232 g/mol. The van der Waals surface area contributed by atoms with Crippen LogP contribution in [0.2, 0.25) is 0 Å². The highest BCUT2D eigenvalue weighted by Gasteiger charge is 2.02. The molecule has 0 atom stereocenters. The lowest BCUT2D eigenvalue weighted by Gasteiger charge is -1.99. The lowest BCUT2D eigenvalue weighted by molar-refractivity contribution is 0.603. The summed E-state index contributed by atoms with van der Waals surface area (Å²) in [5.74, 6) is 0.657. The zero-order valence-corrected chi connectivity index (χ0v) is 9.81. The number of hydrogen-bond acceptors (Lipinski definition) is 5. The van der Waals surface area contributed by atoms with Gasteiger partial charge >= 0.3 is 0 Å². The summed E-state index contributed by atoms with van der Waals surface area (Å²) in [7, 11) is -2.90. The van der Waals surface area contributed by atoms with Gasteiger partial charge in [0.2, 0.25) is 0 Å². The average molecular weight is 242 g/mol.